The highest BCUT2D eigenvalue weighted by molar-refractivity contribution is 5.58. The van der Waals surface area contributed by atoms with Gasteiger partial charge >= 0.3 is 0 Å². The Hall–Kier alpha value is -2.64. The topological polar surface area (TPSA) is 98.0 Å². The zero-order valence-electron chi connectivity index (χ0n) is 14.8. The number of hydrogen-bond acceptors (Lipinski definition) is 6. The number of anilines is 2. The maximum Gasteiger partial charge on any atom is 0.261 e. The largest absolute Gasteiger partial charge is 0.342 e. The van der Waals surface area contributed by atoms with E-state index in [0.717, 1.165) is 51.9 Å². The second kappa shape index (κ2) is 7.31. The van der Waals surface area contributed by atoms with Crippen LogP contribution in [0, 0.1) is 0 Å². The summed E-state index contributed by atoms with van der Waals surface area (Å²) in [6.07, 6.45) is 8.34. The second-order valence-electron chi connectivity index (χ2n) is 7.00. The molecule has 0 aliphatic carbocycles. The number of rotatable bonds is 3. The minimum absolute atomic E-state index is 0.255. The fraction of sp³-hybridized carbons (Fsp3) is 0.556. The first kappa shape index (κ1) is 16.8. The minimum Gasteiger partial charge on any atom is -0.342 e. The van der Waals surface area contributed by atoms with E-state index >= 15 is 0 Å². The van der Waals surface area contributed by atoms with Crippen molar-refractivity contribution >= 4 is 11.9 Å². The lowest BCUT2D eigenvalue weighted by Crippen LogP contribution is -2.33. The van der Waals surface area contributed by atoms with Crippen molar-refractivity contribution in [1.82, 2.24) is 19.9 Å². The molecule has 2 aliphatic rings. The Morgan fingerprint density at radius 1 is 0.808 bits per heavy atom. The number of aromatic nitrogens is 4. The molecule has 0 saturated carbocycles. The average molecular weight is 356 g/mol. The zero-order chi connectivity index (χ0) is 17.9. The van der Waals surface area contributed by atoms with E-state index in [2.05, 4.69) is 29.7 Å². The lowest BCUT2D eigenvalue weighted by Gasteiger charge is -2.27. The number of nitrogens with one attached hydrogen (secondary N) is 2. The minimum atomic E-state index is -0.261. The van der Waals surface area contributed by atoms with E-state index in [1.165, 1.54) is 25.1 Å². The highest BCUT2D eigenvalue weighted by Crippen LogP contribution is 2.19. The molecular formula is C18H24N6O2. The molecule has 2 fully saturated rings. The lowest BCUT2D eigenvalue weighted by molar-refractivity contribution is 0.567. The van der Waals surface area contributed by atoms with Crippen LogP contribution in [0.5, 0.6) is 0 Å². The van der Waals surface area contributed by atoms with Crippen molar-refractivity contribution in [2.45, 2.75) is 38.5 Å². The van der Waals surface area contributed by atoms with Crippen molar-refractivity contribution < 1.29 is 0 Å². The van der Waals surface area contributed by atoms with Crippen LogP contribution < -0.4 is 20.9 Å². The first-order valence-electron chi connectivity index (χ1n) is 9.42. The molecule has 8 heteroatoms. The van der Waals surface area contributed by atoms with Gasteiger partial charge in [0.05, 0.1) is 11.3 Å². The summed E-state index contributed by atoms with van der Waals surface area (Å²) in [5.41, 5.74) is 0.182. The van der Waals surface area contributed by atoms with E-state index in [1.807, 2.05) is 0 Å². The molecule has 2 aromatic heterocycles. The Balaban J connectivity index is 1.65. The van der Waals surface area contributed by atoms with Gasteiger partial charge in [0, 0.05) is 38.4 Å². The van der Waals surface area contributed by atoms with Crippen LogP contribution >= 0.6 is 0 Å². The van der Waals surface area contributed by atoms with E-state index < -0.39 is 0 Å². The van der Waals surface area contributed by atoms with Crippen LogP contribution in [0.1, 0.15) is 38.5 Å². The first-order chi connectivity index (χ1) is 12.7. The van der Waals surface area contributed by atoms with E-state index in [9.17, 15) is 9.59 Å². The van der Waals surface area contributed by atoms with Crippen molar-refractivity contribution in [2.75, 3.05) is 36.0 Å². The molecule has 2 aromatic rings. The van der Waals surface area contributed by atoms with Crippen molar-refractivity contribution in [2.24, 2.45) is 0 Å². The molecule has 0 radical (unpaired) electrons. The van der Waals surface area contributed by atoms with Gasteiger partial charge in [-0.15, -0.1) is 0 Å². The molecular weight excluding hydrogens is 332 g/mol. The molecule has 0 amide bonds. The van der Waals surface area contributed by atoms with Gasteiger partial charge < -0.3 is 9.80 Å². The molecule has 26 heavy (non-hydrogen) atoms. The lowest BCUT2D eigenvalue weighted by atomic mass is 10.1. The first-order valence-corrected chi connectivity index (χ1v) is 9.42. The molecule has 0 spiro atoms. The predicted molar refractivity (Wildman–Crippen MR) is 101 cm³/mol. The third-order valence-electron chi connectivity index (χ3n) is 5.10. The van der Waals surface area contributed by atoms with Crippen LogP contribution in [0.2, 0.25) is 0 Å². The Morgan fingerprint density at radius 2 is 1.42 bits per heavy atom. The fourth-order valence-electron chi connectivity index (χ4n) is 3.67. The van der Waals surface area contributed by atoms with E-state index in [4.69, 9.17) is 0 Å². The second-order valence-corrected chi connectivity index (χ2v) is 7.00. The van der Waals surface area contributed by atoms with Gasteiger partial charge in [-0.25, -0.2) is 9.97 Å². The monoisotopic (exact) mass is 356 g/mol. The van der Waals surface area contributed by atoms with Gasteiger partial charge in [0.25, 0.3) is 11.1 Å². The summed E-state index contributed by atoms with van der Waals surface area (Å²) in [6, 6.07) is 1.36. The maximum atomic E-state index is 12.6. The van der Waals surface area contributed by atoms with Gasteiger partial charge in [-0.2, -0.15) is 0 Å². The molecule has 0 bridgehead atoms. The highest BCUT2D eigenvalue weighted by Gasteiger charge is 2.17. The van der Waals surface area contributed by atoms with Crippen LogP contribution in [0.15, 0.2) is 21.9 Å². The van der Waals surface area contributed by atoms with Crippen LogP contribution in [0.25, 0.3) is 11.3 Å². The molecule has 2 saturated heterocycles. The summed E-state index contributed by atoms with van der Waals surface area (Å²) in [5.74, 6) is 1.13. The summed E-state index contributed by atoms with van der Waals surface area (Å²) in [6.45, 7) is 3.55. The Labute approximate surface area is 151 Å². The molecule has 138 valence electrons. The molecule has 2 N–H and O–H groups in total. The summed E-state index contributed by atoms with van der Waals surface area (Å²) >= 11 is 0. The molecule has 8 nitrogen and oxygen atoms in total. The van der Waals surface area contributed by atoms with Crippen molar-refractivity contribution in [3.8, 4) is 11.3 Å². The number of nitrogens with zero attached hydrogens (tertiary/aromatic N) is 4. The molecule has 4 rings (SSSR count). The smallest absolute Gasteiger partial charge is 0.261 e. The quantitative estimate of drug-likeness (QED) is 0.865. The van der Waals surface area contributed by atoms with Gasteiger partial charge in [-0.1, -0.05) is 0 Å². The maximum absolute atomic E-state index is 12.6. The number of aromatic amines is 2. The molecule has 2 aliphatic heterocycles. The summed E-state index contributed by atoms with van der Waals surface area (Å²) in [5, 5.41) is 0. The van der Waals surface area contributed by atoms with Gasteiger partial charge in [-0.05, 0) is 38.5 Å². The Bertz CT molecular complexity index is 878. The summed E-state index contributed by atoms with van der Waals surface area (Å²) in [7, 11) is 0. The summed E-state index contributed by atoms with van der Waals surface area (Å²) in [4.78, 5) is 43.4. The highest BCUT2D eigenvalue weighted by atomic mass is 16.1. The molecule has 4 heterocycles. The number of hydrogen-bond donors (Lipinski definition) is 2. The SMILES string of the molecule is O=c1cc(-c2cnc(N3CCCCC3)[nH]c2=O)nc(N2CCCCC2)[nH]1. The standard InChI is InChI=1S/C18H24N6O2/c25-15-11-14(20-18(21-15)24-9-5-2-6-10-24)13-12-19-17(22-16(13)26)23-7-3-1-4-8-23/h11-12H,1-10H2,(H,19,22,26)(H,20,21,25). The third-order valence-corrected chi connectivity index (χ3v) is 5.10. The van der Waals surface area contributed by atoms with Crippen molar-refractivity contribution in [3.63, 3.8) is 0 Å². The molecule has 0 unspecified atom stereocenters. The van der Waals surface area contributed by atoms with Gasteiger partial charge in [0.1, 0.15) is 0 Å². The van der Waals surface area contributed by atoms with Gasteiger partial charge in [0.15, 0.2) is 0 Å². The van der Waals surface area contributed by atoms with E-state index in [0.29, 0.717) is 23.2 Å². The Morgan fingerprint density at radius 3 is 2.04 bits per heavy atom. The van der Waals surface area contributed by atoms with Crippen LogP contribution in [-0.2, 0) is 0 Å². The Kier molecular flexibility index (Phi) is 4.73. The zero-order valence-corrected chi connectivity index (χ0v) is 14.8. The third kappa shape index (κ3) is 3.49. The van der Waals surface area contributed by atoms with Crippen LogP contribution in [0.4, 0.5) is 11.9 Å². The average Bonchev–Trinajstić information content (AvgIpc) is 2.69. The summed E-state index contributed by atoms with van der Waals surface area (Å²) < 4.78 is 0. The normalized spacial score (nSPS) is 18.2. The predicted octanol–water partition coefficient (Wildman–Crippen LogP) is 1.50. The van der Waals surface area contributed by atoms with Crippen LogP contribution in [0.3, 0.4) is 0 Å². The van der Waals surface area contributed by atoms with E-state index in [-0.39, 0.29) is 11.1 Å². The van der Waals surface area contributed by atoms with Gasteiger partial charge in [-0.3, -0.25) is 19.6 Å². The van der Waals surface area contributed by atoms with Crippen LogP contribution in [-0.4, -0.2) is 46.1 Å². The fourth-order valence-corrected chi connectivity index (χ4v) is 3.67. The van der Waals surface area contributed by atoms with Crippen molar-refractivity contribution in [1.29, 1.82) is 0 Å². The number of piperidine rings is 2. The van der Waals surface area contributed by atoms with Crippen molar-refractivity contribution in [3.05, 3.63) is 33.0 Å². The molecule has 0 aromatic carbocycles. The number of H-pyrrole nitrogens is 2. The van der Waals surface area contributed by atoms with E-state index in [1.54, 1.807) is 0 Å². The molecule has 0 atom stereocenters. The van der Waals surface area contributed by atoms with Gasteiger partial charge in [0.2, 0.25) is 11.9 Å².